The molecule has 0 aliphatic heterocycles. The first-order valence-corrected chi connectivity index (χ1v) is 22.7. The van der Waals surface area contributed by atoms with Gasteiger partial charge in [0, 0.05) is 37.2 Å². The van der Waals surface area contributed by atoms with Crippen molar-refractivity contribution in [2.45, 2.75) is 5.41 Å². The van der Waals surface area contributed by atoms with E-state index in [1.54, 1.807) is 0 Å². The van der Waals surface area contributed by atoms with Crippen LogP contribution in [0.25, 0.3) is 85.9 Å². The number of hydrogen-bond acceptors (Lipinski definition) is 2. The number of fused-ring (bicyclic) bond motifs is 19. The molecule has 11 aromatic carbocycles. The van der Waals surface area contributed by atoms with Crippen LogP contribution < -0.4 is 4.90 Å². The first kappa shape index (κ1) is 34.9. The molecule has 0 bridgehead atoms. The molecule has 0 radical (unpaired) electrons. The molecule has 0 saturated carbocycles. The Morgan fingerprint density at radius 3 is 1.41 bits per heavy atom. The van der Waals surface area contributed by atoms with Gasteiger partial charge in [0.2, 0.25) is 0 Å². The molecule has 0 unspecified atom stereocenters. The van der Waals surface area contributed by atoms with Crippen LogP contribution in [-0.2, 0) is 5.41 Å². The van der Waals surface area contributed by atoms with Crippen molar-refractivity contribution in [1.29, 1.82) is 0 Å². The highest BCUT2D eigenvalue weighted by molar-refractivity contribution is 7.26. The quantitative estimate of drug-likeness (QED) is 0.160. The number of benzene rings is 11. The van der Waals surface area contributed by atoms with Gasteiger partial charge in [0.05, 0.1) is 5.41 Å². The van der Waals surface area contributed by atoms with E-state index in [-0.39, 0.29) is 0 Å². The summed E-state index contributed by atoms with van der Waals surface area (Å²) < 4.78 is 2.64. The average Bonchev–Trinajstić information content (AvgIpc) is 3.98. The largest absolute Gasteiger partial charge is 0.310 e. The lowest BCUT2D eigenvalue weighted by Gasteiger charge is -2.32. The van der Waals surface area contributed by atoms with E-state index < -0.39 is 5.41 Å². The maximum absolute atomic E-state index is 2.51. The third-order valence-electron chi connectivity index (χ3n) is 14.0. The molecule has 0 saturated heterocycles. The van der Waals surface area contributed by atoms with Gasteiger partial charge in [0.25, 0.3) is 0 Å². The summed E-state index contributed by atoms with van der Waals surface area (Å²) in [5, 5.41) is 10.2. The molecule has 2 heteroatoms. The molecule has 2 aliphatic carbocycles. The van der Waals surface area contributed by atoms with Crippen LogP contribution in [-0.4, -0.2) is 0 Å². The zero-order valence-corrected chi connectivity index (χ0v) is 35.0. The van der Waals surface area contributed by atoms with Crippen LogP contribution in [0.5, 0.6) is 0 Å². The number of rotatable bonds is 4. The molecule has 2 aliphatic rings. The van der Waals surface area contributed by atoms with Crippen molar-refractivity contribution in [3.8, 4) is 33.4 Å². The topological polar surface area (TPSA) is 3.24 Å². The first-order chi connectivity index (χ1) is 31.3. The Labute approximate surface area is 369 Å². The van der Waals surface area contributed by atoms with Gasteiger partial charge < -0.3 is 4.90 Å². The Bertz CT molecular complexity index is 3790. The molecule has 12 aromatic rings. The Kier molecular flexibility index (Phi) is 7.26. The van der Waals surface area contributed by atoms with Crippen molar-refractivity contribution in [2.24, 2.45) is 0 Å². The smallest absolute Gasteiger partial charge is 0.0726 e. The summed E-state index contributed by atoms with van der Waals surface area (Å²) in [6, 6.07) is 84.2. The third-order valence-corrected chi connectivity index (χ3v) is 15.3. The van der Waals surface area contributed by atoms with Gasteiger partial charge in [0.1, 0.15) is 0 Å². The van der Waals surface area contributed by atoms with E-state index in [2.05, 4.69) is 229 Å². The molecule has 63 heavy (non-hydrogen) atoms. The Morgan fingerprint density at radius 1 is 0.286 bits per heavy atom. The van der Waals surface area contributed by atoms with Crippen LogP contribution in [0.1, 0.15) is 22.3 Å². The molecule has 0 amide bonds. The van der Waals surface area contributed by atoms with Gasteiger partial charge in [-0.15, -0.1) is 11.3 Å². The Balaban J connectivity index is 1.04. The number of anilines is 3. The number of hydrogen-bond donors (Lipinski definition) is 0. The second-order valence-corrected chi connectivity index (χ2v) is 18.2. The van der Waals surface area contributed by atoms with E-state index in [1.165, 1.54) is 108 Å². The standard InChI is InChI=1S/C61H37NS/c1-2-19-45-43(17-1)44-18-3-4-20-46(44)54-36-40(31-33-47(45)54)62(39-16-13-15-38(35-39)42-25-14-26-53-52-24-8-12-30-59(52)63-60(42)53)41-32-34-51-50-23-7-11-29-57(50)61(58(51)37-41)55-27-9-5-21-48(55)49-22-6-10-28-56(49)61/h1-37H. The molecule has 0 atom stereocenters. The highest BCUT2D eigenvalue weighted by atomic mass is 32.1. The van der Waals surface area contributed by atoms with Crippen molar-refractivity contribution in [2.75, 3.05) is 4.90 Å². The summed E-state index contributed by atoms with van der Waals surface area (Å²) >= 11 is 1.89. The van der Waals surface area contributed by atoms with Crippen molar-refractivity contribution in [1.82, 2.24) is 0 Å². The fraction of sp³-hybridized carbons (Fsp3) is 0.0164. The maximum atomic E-state index is 2.51. The van der Waals surface area contributed by atoms with E-state index >= 15 is 0 Å². The fourth-order valence-electron chi connectivity index (χ4n) is 11.5. The van der Waals surface area contributed by atoms with E-state index in [9.17, 15) is 0 Å². The number of nitrogens with zero attached hydrogens (tertiary/aromatic N) is 1. The van der Waals surface area contributed by atoms with Crippen molar-refractivity contribution < 1.29 is 0 Å². The van der Waals surface area contributed by atoms with Crippen LogP contribution in [0.2, 0.25) is 0 Å². The fourth-order valence-corrected chi connectivity index (χ4v) is 12.7. The van der Waals surface area contributed by atoms with Gasteiger partial charge in [-0.25, -0.2) is 0 Å². The number of thiophene rings is 1. The summed E-state index contributed by atoms with van der Waals surface area (Å²) in [6.07, 6.45) is 0. The summed E-state index contributed by atoms with van der Waals surface area (Å²) in [5.74, 6) is 0. The third kappa shape index (κ3) is 4.76. The highest BCUT2D eigenvalue weighted by Crippen LogP contribution is 2.63. The van der Waals surface area contributed by atoms with E-state index in [1.807, 2.05) is 11.3 Å². The van der Waals surface area contributed by atoms with Crippen LogP contribution in [0, 0.1) is 0 Å². The second kappa shape index (κ2) is 13.1. The van der Waals surface area contributed by atoms with Crippen molar-refractivity contribution >= 4 is 80.9 Å². The second-order valence-electron chi connectivity index (χ2n) is 17.1. The Morgan fingerprint density at radius 2 is 0.746 bits per heavy atom. The van der Waals surface area contributed by atoms with E-state index in [0.717, 1.165) is 17.1 Å². The molecule has 292 valence electrons. The molecule has 1 aromatic heterocycles. The van der Waals surface area contributed by atoms with Crippen molar-refractivity contribution in [3.05, 3.63) is 247 Å². The molecule has 0 fully saturated rings. The summed E-state index contributed by atoms with van der Waals surface area (Å²) in [5.41, 5.74) is 16.0. The zero-order chi connectivity index (χ0) is 41.2. The van der Waals surface area contributed by atoms with Gasteiger partial charge in [-0.1, -0.05) is 182 Å². The van der Waals surface area contributed by atoms with Crippen LogP contribution in [0.15, 0.2) is 224 Å². The Hall–Kier alpha value is -7.78. The maximum Gasteiger partial charge on any atom is 0.0726 e. The summed E-state index contributed by atoms with van der Waals surface area (Å²) in [7, 11) is 0. The minimum atomic E-state index is -0.446. The lowest BCUT2D eigenvalue weighted by Crippen LogP contribution is -2.26. The zero-order valence-electron chi connectivity index (χ0n) is 34.2. The minimum Gasteiger partial charge on any atom is -0.310 e. The molecule has 14 rings (SSSR count). The molecule has 1 nitrogen and oxygen atoms in total. The molecule has 0 N–H and O–H groups in total. The molecule has 1 spiro atoms. The van der Waals surface area contributed by atoms with E-state index in [4.69, 9.17) is 0 Å². The molecule has 1 heterocycles. The highest BCUT2D eigenvalue weighted by Gasteiger charge is 2.51. The monoisotopic (exact) mass is 815 g/mol. The van der Waals surface area contributed by atoms with Crippen LogP contribution in [0.4, 0.5) is 17.1 Å². The van der Waals surface area contributed by atoms with Crippen molar-refractivity contribution in [3.63, 3.8) is 0 Å². The summed E-state index contributed by atoms with van der Waals surface area (Å²) in [6.45, 7) is 0. The predicted molar refractivity (Wildman–Crippen MR) is 268 cm³/mol. The minimum absolute atomic E-state index is 0.446. The molecular weight excluding hydrogens is 779 g/mol. The average molecular weight is 816 g/mol. The van der Waals surface area contributed by atoms with Crippen LogP contribution >= 0.6 is 11.3 Å². The van der Waals surface area contributed by atoms with Crippen LogP contribution in [0.3, 0.4) is 0 Å². The van der Waals surface area contributed by atoms with Gasteiger partial charge in [-0.3, -0.25) is 0 Å². The first-order valence-electron chi connectivity index (χ1n) is 21.8. The van der Waals surface area contributed by atoms with Gasteiger partial charge in [0.15, 0.2) is 0 Å². The van der Waals surface area contributed by atoms with Gasteiger partial charge in [-0.2, -0.15) is 0 Å². The van der Waals surface area contributed by atoms with E-state index in [0.29, 0.717) is 0 Å². The summed E-state index contributed by atoms with van der Waals surface area (Å²) in [4.78, 5) is 2.50. The lowest BCUT2D eigenvalue weighted by molar-refractivity contribution is 0.793. The molecular formula is C61H37NS. The normalized spacial score (nSPS) is 13.2. The predicted octanol–water partition coefficient (Wildman–Crippen LogP) is 17.0. The van der Waals surface area contributed by atoms with Gasteiger partial charge >= 0.3 is 0 Å². The SMILES string of the molecule is c1cc(-c2cccc3c2sc2ccccc23)cc(N(c2ccc3c(c2)C2(c4ccccc4-c4ccccc42)c2ccccc2-3)c2ccc3c4ccccc4c4ccccc4c3c2)c1. The lowest BCUT2D eigenvalue weighted by atomic mass is 9.70. The van der Waals surface area contributed by atoms with Gasteiger partial charge in [-0.05, 0) is 130 Å².